The third kappa shape index (κ3) is 3.83. The standard InChI is InChI=1S/C19H16ClF2NO4/c1-25-17-14(20)10-15-18(16(17)19(24)26-2)27-6-5-23(15)4-3-11-7-12(21)9-13(22)8-11/h3-4,7-10H,5-6H2,1-2H3/b4-3+. The van der Waals surface area contributed by atoms with Crippen molar-refractivity contribution in [2.24, 2.45) is 0 Å². The molecule has 0 aromatic heterocycles. The molecule has 0 fully saturated rings. The predicted octanol–water partition coefficient (Wildman–Crippen LogP) is 4.28. The molecule has 1 heterocycles. The van der Waals surface area contributed by atoms with E-state index in [0.29, 0.717) is 17.8 Å². The molecule has 0 bridgehead atoms. The largest absolute Gasteiger partial charge is 0.494 e. The minimum Gasteiger partial charge on any atom is -0.494 e. The Hall–Kier alpha value is -2.80. The maximum Gasteiger partial charge on any atom is 0.345 e. The highest BCUT2D eigenvalue weighted by Crippen LogP contribution is 2.45. The van der Waals surface area contributed by atoms with Gasteiger partial charge in [0, 0.05) is 12.3 Å². The summed E-state index contributed by atoms with van der Waals surface area (Å²) in [4.78, 5) is 14.0. The van der Waals surface area contributed by atoms with E-state index in [4.69, 9.17) is 25.8 Å². The van der Waals surface area contributed by atoms with Gasteiger partial charge < -0.3 is 19.1 Å². The molecule has 1 aliphatic rings. The molecule has 0 aliphatic carbocycles. The lowest BCUT2D eigenvalue weighted by Gasteiger charge is -2.30. The van der Waals surface area contributed by atoms with E-state index in [0.717, 1.165) is 6.07 Å². The van der Waals surface area contributed by atoms with Crippen molar-refractivity contribution >= 4 is 29.3 Å². The number of anilines is 1. The number of fused-ring (bicyclic) bond motifs is 1. The molecule has 0 N–H and O–H groups in total. The van der Waals surface area contributed by atoms with Gasteiger partial charge in [-0.05, 0) is 29.8 Å². The minimum absolute atomic E-state index is 0.0809. The fourth-order valence-corrected chi connectivity index (χ4v) is 3.09. The molecule has 1 aliphatic heterocycles. The molecule has 0 unspecified atom stereocenters. The average molecular weight is 396 g/mol. The third-order valence-corrected chi connectivity index (χ3v) is 4.26. The Kier molecular flexibility index (Phi) is 5.51. The second kappa shape index (κ2) is 7.84. The van der Waals surface area contributed by atoms with Crippen molar-refractivity contribution in [3.8, 4) is 11.5 Å². The third-order valence-electron chi connectivity index (χ3n) is 3.98. The SMILES string of the molecule is COC(=O)c1c(OC)c(Cl)cc2c1OCCN2/C=C/c1cc(F)cc(F)c1. The highest BCUT2D eigenvalue weighted by atomic mass is 35.5. The van der Waals surface area contributed by atoms with Crippen LogP contribution in [0.15, 0.2) is 30.5 Å². The maximum atomic E-state index is 13.4. The van der Waals surface area contributed by atoms with Gasteiger partial charge in [0.15, 0.2) is 11.5 Å². The van der Waals surface area contributed by atoms with E-state index < -0.39 is 17.6 Å². The molecule has 0 atom stereocenters. The summed E-state index contributed by atoms with van der Waals surface area (Å²) in [5.74, 6) is -1.57. The van der Waals surface area contributed by atoms with Gasteiger partial charge in [-0.1, -0.05) is 11.6 Å². The van der Waals surface area contributed by atoms with E-state index in [2.05, 4.69) is 0 Å². The zero-order chi connectivity index (χ0) is 19.6. The quantitative estimate of drug-likeness (QED) is 0.723. The minimum atomic E-state index is -0.669. The van der Waals surface area contributed by atoms with Crippen LogP contribution in [0.4, 0.5) is 14.5 Å². The normalized spacial score (nSPS) is 13.3. The molecule has 0 saturated heterocycles. The summed E-state index contributed by atoms with van der Waals surface area (Å²) in [6.07, 6.45) is 3.19. The predicted molar refractivity (Wildman–Crippen MR) is 97.6 cm³/mol. The Morgan fingerprint density at radius 2 is 1.93 bits per heavy atom. The van der Waals surface area contributed by atoms with Crippen molar-refractivity contribution in [1.82, 2.24) is 0 Å². The molecule has 0 amide bonds. The lowest BCUT2D eigenvalue weighted by atomic mass is 10.1. The van der Waals surface area contributed by atoms with Gasteiger partial charge >= 0.3 is 5.97 Å². The molecule has 5 nitrogen and oxygen atoms in total. The van der Waals surface area contributed by atoms with Crippen LogP contribution >= 0.6 is 11.6 Å². The van der Waals surface area contributed by atoms with Gasteiger partial charge in [0.25, 0.3) is 0 Å². The number of hydrogen-bond donors (Lipinski definition) is 0. The highest BCUT2D eigenvalue weighted by molar-refractivity contribution is 6.33. The van der Waals surface area contributed by atoms with Crippen LogP contribution in [0.2, 0.25) is 5.02 Å². The molecule has 0 spiro atoms. The zero-order valence-electron chi connectivity index (χ0n) is 14.6. The lowest BCUT2D eigenvalue weighted by molar-refractivity contribution is 0.0592. The van der Waals surface area contributed by atoms with Crippen molar-refractivity contribution < 1.29 is 27.8 Å². The van der Waals surface area contributed by atoms with Crippen LogP contribution in [0.3, 0.4) is 0 Å². The van der Waals surface area contributed by atoms with Crippen molar-refractivity contribution in [1.29, 1.82) is 0 Å². The van der Waals surface area contributed by atoms with Crippen LogP contribution in [0.5, 0.6) is 11.5 Å². The number of ether oxygens (including phenoxy) is 3. The summed E-state index contributed by atoms with van der Waals surface area (Å²) >= 11 is 6.25. The van der Waals surface area contributed by atoms with Crippen LogP contribution in [-0.2, 0) is 4.74 Å². The molecular formula is C19H16ClF2NO4. The number of rotatable bonds is 4. The van der Waals surface area contributed by atoms with E-state index >= 15 is 0 Å². The fraction of sp³-hybridized carbons (Fsp3) is 0.211. The van der Waals surface area contributed by atoms with E-state index in [1.54, 1.807) is 23.2 Å². The first-order valence-electron chi connectivity index (χ1n) is 7.97. The van der Waals surface area contributed by atoms with Gasteiger partial charge in [0.05, 0.1) is 31.5 Å². The van der Waals surface area contributed by atoms with Crippen LogP contribution in [0.25, 0.3) is 6.08 Å². The first-order chi connectivity index (χ1) is 12.9. The monoisotopic (exact) mass is 395 g/mol. The van der Waals surface area contributed by atoms with Crippen LogP contribution in [0, 0.1) is 11.6 Å². The maximum absolute atomic E-state index is 13.4. The zero-order valence-corrected chi connectivity index (χ0v) is 15.3. The smallest absolute Gasteiger partial charge is 0.345 e. The molecule has 2 aromatic rings. The summed E-state index contributed by atoms with van der Waals surface area (Å²) in [7, 11) is 2.63. The summed E-state index contributed by atoms with van der Waals surface area (Å²) in [5.41, 5.74) is 0.950. The van der Waals surface area contributed by atoms with Crippen molar-refractivity contribution in [2.45, 2.75) is 0 Å². The molecule has 0 radical (unpaired) electrons. The number of nitrogens with zero attached hydrogens (tertiary/aromatic N) is 1. The summed E-state index contributed by atoms with van der Waals surface area (Å²) < 4.78 is 42.4. The fourth-order valence-electron chi connectivity index (χ4n) is 2.82. The summed E-state index contributed by atoms with van der Waals surface area (Å²) in [6, 6.07) is 4.82. The molecule has 2 aromatic carbocycles. The molecular weight excluding hydrogens is 380 g/mol. The highest BCUT2D eigenvalue weighted by Gasteiger charge is 2.30. The topological polar surface area (TPSA) is 48.0 Å². The van der Waals surface area contributed by atoms with E-state index in [1.165, 1.54) is 26.4 Å². The molecule has 27 heavy (non-hydrogen) atoms. The first-order valence-corrected chi connectivity index (χ1v) is 8.35. The van der Waals surface area contributed by atoms with Crippen molar-refractivity contribution in [2.75, 3.05) is 32.3 Å². The number of halogens is 3. The van der Waals surface area contributed by atoms with Gasteiger partial charge in [-0.25, -0.2) is 13.6 Å². The number of methoxy groups -OCH3 is 2. The second-order valence-corrected chi connectivity index (χ2v) is 6.07. The van der Waals surface area contributed by atoms with Gasteiger partial charge in [0.1, 0.15) is 23.8 Å². The van der Waals surface area contributed by atoms with E-state index in [1.807, 2.05) is 0 Å². The number of hydrogen-bond acceptors (Lipinski definition) is 5. The summed E-state index contributed by atoms with van der Waals surface area (Å²) in [6.45, 7) is 0.730. The molecule has 3 rings (SSSR count). The molecule has 142 valence electrons. The van der Waals surface area contributed by atoms with Gasteiger partial charge in [-0.15, -0.1) is 0 Å². The Labute approximate surface area is 159 Å². The summed E-state index contributed by atoms with van der Waals surface area (Å²) in [5, 5.41) is 0.206. The van der Waals surface area contributed by atoms with Gasteiger partial charge in [0.2, 0.25) is 0 Å². The Bertz CT molecular complexity index is 897. The number of carbonyl (C=O) groups excluding carboxylic acids is 1. The van der Waals surface area contributed by atoms with Crippen molar-refractivity contribution in [3.05, 3.63) is 58.2 Å². The van der Waals surface area contributed by atoms with Crippen molar-refractivity contribution in [3.63, 3.8) is 0 Å². The van der Waals surface area contributed by atoms with E-state index in [-0.39, 0.29) is 28.7 Å². The number of esters is 1. The van der Waals surface area contributed by atoms with Crippen LogP contribution in [0.1, 0.15) is 15.9 Å². The van der Waals surface area contributed by atoms with Crippen LogP contribution < -0.4 is 14.4 Å². The van der Waals surface area contributed by atoms with Crippen LogP contribution in [-0.4, -0.2) is 33.3 Å². The molecule has 0 saturated carbocycles. The first kappa shape index (κ1) is 19.0. The lowest BCUT2D eigenvalue weighted by Crippen LogP contribution is -2.29. The number of benzene rings is 2. The van der Waals surface area contributed by atoms with E-state index in [9.17, 15) is 13.6 Å². The second-order valence-electron chi connectivity index (χ2n) is 5.67. The Morgan fingerprint density at radius 1 is 1.22 bits per heavy atom. The Balaban J connectivity index is 2.04. The average Bonchev–Trinajstić information content (AvgIpc) is 2.64. The van der Waals surface area contributed by atoms with Gasteiger partial charge in [-0.2, -0.15) is 0 Å². The molecule has 8 heteroatoms. The Morgan fingerprint density at radius 3 is 2.56 bits per heavy atom. The van der Waals surface area contributed by atoms with Gasteiger partial charge in [-0.3, -0.25) is 0 Å². The number of carbonyl (C=O) groups is 1.